The number of aliphatic hydroxyl groups excluding tert-OH is 4. The maximum absolute atomic E-state index is 11.9. The Kier molecular flexibility index (Phi) is 4.52. The molecule has 3 atom stereocenters. The van der Waals surface area contributed by atoms with Gasteiger partial charge in [-0.3, -0.25) is 4.79 Å². The minimum atomic E-state index is -3.81. The number of hydrogen-bond donors (Lipinski definition) is 6. The topological polar surface area (TPSA) is 138 Å². The second kappa shape index (κ2) is 4.73. The Morgan fingerprint density at radius 2 is 1.71 bits per heavy atom. The van der Waals surface area contributed by atoms with Gasteiger partial charge in [-0.2, -0.15) is 4.39 Å². The number of hydrogen-bond acceptors (Lipinski definition) is 7. The molecule has 0 aliphatic rings. The maximum atomic E-state index is 11.9. The van der Waals surface area contributed by atoms with Gasteiger partial charge in [-0.15, -0.1) is 0 Å². The molecule has 0 aromatic rings. The lowest BCUT2D eigenvalue weighted by atomic mass is 10.0. The van der Waals surface area contributed by atoms with E-state index in [-0.39, 0.29) is 0 Å². The predicted molar refractivity (Wildman–Crippen MR) is 38.4 cm³/mol. The van der Waals surface area contributed by atoms with Crippen LogP contribution in [0.4, 0.5) is 4.39 Å². The number of carbonyl (C=O) groups excluding carboxylic acids is 1. The molecular weight excluding hydrogens is 203 g/mol. The third kappa shape index (κ3) is 2.67. The van der Waals surface area contributed by atoms with Crippen molar-refractivity contribution in [2.75, 3.05) is 6.61 Å². The number of rotatable bonds is 5. The monoisotopic (exact) mass is 214 g/mol. The van der Waals surface area contributed by atoms with Crippen LogP contribution in [0.3, 0.4) is 0 Å². The molecule has 0 heterocycles. The Balaban J connectivity index is 4.60. The summed E-state index contributed by atoms with van der Waals surface area (Å²) in [5.74, 6) is -3.81. The van der Waals surface area contributed by atoms with Gasteiger partial charge in [-0.1, -0.05) is 0 Å². The third-order valence-corrected chi connectivity index (χ3v) is 1.61. The van der Waals surface area contributed by atoms with Crippen LogP contribution in [0.15, 0.2) is 0 Å². The van der Waals surface area contributed by atoms with Crippen molar-refractivity contribution in [2.24, 2.45) is 0 Å². The number of halogens is 1. The molecule has 0 rings (SSSR count). The average Bonchev–Trinajstić information content (AvgIpc) is 2.13. The maximum Gasteiger partial charge on any atom is 0.363 e. The molecule has 14 heavy (non-hydrogen) atoms. The molecule has 0 unspecified atom stereocenters. The minimum absolute atomic E-state index is 1.01. The zero-order valence-corrected chi connectivity index (χ0v) is 6.91. The van der Waals surface area contributed by atoms with Crippen LogP contribution in [-0.2, 0) is 4.79 Å². The van der Waals surface area contributed by atoms with E-state index in [0.29, 0.717) is 0 Å². The van der Waals surface area contributed by atoms with Gasteiger partial charge in [0.05, 0.1) is 6.61 Å². The molecule has 0 fully saturated rings. The lowest BCUT2D eigenvalue weighted by molar-refractivity contribution is -0.253. The molecule has 0 aliphatic carbocycles. The van der Waals surface area contributed by atoms with Crippen LogP contribution in [0.25, 0.3) is 0 Å². The van der Waals surface area contributed by atoms with Crippen LogP contribution in [0, 0.1) is 0 Å². The van der Waals surface area contributed by atoms with E-state index in [1.165, 1.54) is 0 Å². The summed E-state index contributed by atoms with van der Waals surface area (Å²) >= 11 is 0. The van der Waals surface area contributed by atoms with Gasteiger partial charge >= 0.3 is 6.04 Å². The van der Waals surface area contributed by atoms with Crippen molar-refractivity contribution in [3.63, 3.8) is 0 Å². The number of aliphatic hydroxyl groups is 6. The fourth-order valence-corrected chi connectivity index (χ4v) is 0.673. The molecule has 0 bridgehead atoms. The zero-order valence-electron chi connectivity index (χ0n) is 6.91. The molecule has 0 radical (unpaired) electrons. The molecule has 0 aliphatic heterocycles. The van der Waals surface area contributed by atoms with Gasteiger partial charge in [0.2, 0.25) is 0 Å². The second-order valence-electron chi connectivity index (χ2n) is 2.69. The second-order valence-corrected chi connectivity index (χ2v) is 2.69. The van der Waals surface area contributed by atoms with Gasteiger partial charge in [-0.25, -0.2) is 0 Å². The Hall–Kier alpha value is -0.640. The SMILES string of the molecule is O=C(F)C(O)(O)[C@@H](O)[C@H](O)[C@H](O)CO. The molecule has 0 aromatic carbocycles. The molecule has 7 nitrogen and oxygen atoms in total. The Morgan fingerprint density at radius 1 is 1.29 bits per heavy atom. The molecule has 0 saturated heterocycles. The van der Waals surface area contributed by atoms with Gasteiger partial charge in [0.1, 0.15) is 18.3 Å². The zero-order chi connectivity index (χ0) is 11.5. The van der Waals surface area contributed by atoms with Crippen molar-refractivity contribution in [1.29, 1.82) is 0 Å². The van der Waals surface area contributed by atoms with Crippen LogP contribution in [0.2, 0.25) is 0 Å². The minimum Gasteiger partial charge on any atom is -0.394 e. The normalized spacial score (nSPS) is 18.8. The van der Waals surface area contributed by atoms with Crippen molar-refractivity contribution in [2.45, 2.75) is 24.1 Å². The highest BCUT2D eigenvalue weighted by molar-refractivity contribution is 5.76. The fourth-order valence-electron chi connectivity index (χ4n) is 0.673. The van der Waals surface area contributed by atoms with Gasteiger partial charge in [0.15, 0.2) is 0 Å². The Labute approximate surface area is 77.7 Å². The highest BCUT2D eigenvalue weighted by Crippen LogP contribution is 2.14. The fraction of sp³-hybridized carbons (Fsp3) is 0.833. The van der Waals surface area contributed by atoms with E-state index < -0.39 is 36.7 Å². The van der Waals surface area contributed by atoms with Crippen LogP contribution in [-0.4, -0.2) is 67.4 Å². The molecule has 0 aromatic heterocycles. The molecule has 84 valence electrons. The van der Waals surface area contributed by atoms with E-state index in [9.17, 15) is 9.18 Å². The summed E-state index contributed by atoms with van der Waals surface area (Å²) in [6.07, 6.45) is -6.86. The van der Waals surface area contributed by atoms with Crippen LogP contribution in [0.5, 0.6) is 0 Å². The van der Waals surface area contributed by atoms with E-state index in [4.69, 9.17) is 30.6 Å². The van der Waals surface area contributed by atoms with Crippen molar-refractivity contribution in [3.8, 4) is 0 Å². The van der Waals surface area contributed by atoms with Crippen LogP contribution < -0.4 is 0 Å². The first-order valence-corrected chi connectivity index (χ1v) is 3.54. The largest absolute Gasteiger partial charge is 0.394 e. The number of carbonyl (C=O) groups is 1. The summed E-state index contributed by atoms with van der Waals surface area (Å²) in [7, 11) is 0. The molecule has 0 saturated carbocycles. The van der Waals surface area contributed by atoms with Gasteiger partial charge in [0, 0.05) is 0 Å². The summed E-state index contributed by atoms with van der Waals surface area (Å²) in [4.78, 5) is 9.94. The highest BCUT2D eigenvalue weighted by atomic mass is 19.1. The van der Waals surface area contributed by atoms with Gasteiger partial charge in [-0.05, 0) is 0 Å². The van der Waals surface area contributed by atoms with Crippen LogP contribution in [0.1, 0.15) is 0 Å². The van der Waals surface area contributed by atoms with Crippen molar-refractivity contribution >= 4 is 6.04 Å². The molecule has 0 spiro atoms. The molecular formula is C6H11FO7. The predicted octanol–water partition coefficient (Wildman–Crippen LogP) is -3.76. The summed E-state index contributed by atoms with van der Waals surface area (Å²) in [6.45, 7) is -1.01. The third-order valence-electron chi connectivity index (χ3n) is 1.61. The summed E-state index contributed by atoms with van der Waals surface area (Å²) in [5, 5.41) is 51.9. The van der Waals surface area contributed by atoms with Crippen molar-refractivity contribution in [1.82, 2.24) is 0 Å². The quantitative estimate of drug-likeness (QED) is 0.204. The first-order chi connectivity index (χ1) is 6.25. The van der Waals surface area contributed by atoms with E-state index in [2.05, 4.69) is 0 Å². The average molecular weight is 214 g/mol. The Bertz CT molecular complexity index is 206. The van der Waals surface area contributed by atoms with Crippen molar-refractivity contribution in [3.05, 3.63) is 0 Å². The highest BCUT2D eigenvalue weighted by Gasteiger charge is 2.47. The van der Waals surface area contributed by atoms with Gasteiger partial charge in [0.25, 0.3) is 5.79 Å². The first-order valence-electron chi connectivity index (χ1n) is 3.54. The van der Waals surface area contributed by atoms with E-state index >= 15 is 0 Å². The first kappa shape index (κ1) is 13.4. The summed E-state index contributed by atoms with van der Waals surface area (Å²) in [6, 6.07) is -2.69. The molecule has 0 amide bonds. The van der Waals surface area contributed by atoms with Gasteiger partial charge < -0.3 is 30.6 Å². The Morgan fingerprint density at radius 3 is 2.00 bits per heavy atom. The van der Waals surface area contributed by atoms with Crippen LogP contribution >= 0.6 is 0 Å². The summed E-state index contributed by atoms with van der Waals surface area (Å²) in [5.41, 5.74) is 0. The lowest BCUT2D eigenvalue weighted by Crippen LogP contribution is -2.57. The molecule has 8 heteroatoms. The van der Waals surface area contributed by atoms with E-state index in [1.807, 2.05) is 0 Å². The van der Waals surface area contributed by atoms with E-state index in [0.717, 1.165) is 0 Å². The standard InChI is InChI=1S/C6H11FO7/c7-5(12)6(13,14)4(11)3(10)2(9)1-8/h2-4,8-11,13-14H,1H2/t2-,3-,4+/m1/s1. The summed E-state index contributed by atoms with van der Waals surface area (Å²) < 4.78 is 11.9. The molecule has 6 N–H and O–H groups in total. The lowest BCUT2D eigenvalue weighted by Gasteiger charge is -2.28. The van der Waals surface area contributed by atoms with Crippen molar-refractivity contribution < 1.29 is 39.8 Å². The smallest absolute Gasteiger partial charge is 0.363 e. The van der Waals surface area contributed by atoms with E-state index in [1.54, 1.807) is 0 Å².